The fraction of sp³-hybridized carbons (Fsp3) is 0.636. The predicted octanol–water partition coefficient (Wildman–Crippen LogP) is 1.29. The normalized spacial score (nSPS) is 17.4. The van der Waals surface area contributed by atoms with Crippen LogP contribution in [0.25, 0.3) is 0 Å². The van der Waals surface area contributed by atoms with Crippen molar-refractivity contribution in [1.29, 1.82) is 5.26 Å². The van der Waals surface area contributed by atoms with Crippen LogP contribution in [0.5, 0.6) is 0 Å². The fourth-order valence-corrected chi connectivity index (χ4v) is 1.63. The lowest BCUT2D eigenvalue weighted by Crippen LogP contribution is -2.22. The topological polar surface area (TPSA) is 53.6 Å². The van der Waals surface area contributed by atoms with Crippen LogP contribution in [0.1, 0.15) is 30.1 Å². The number of nitrogens with zero attached hydrogens (tertiary/aromatic N) is 3. The van der Waals surface area contributed by atoms with Crippen molar-refractivity contribution >= 4 is 0 Å². The van der Waals surface area contributed by atoms with Gasteiger partial charge in [0.05, 0.1) is 12.3 Å². The molecule has 1 heterocycles. The minimum Gasteiger partial charge on any atom is -0.298 e. The average molecular weight is 204 g/mol. The average Bonchev–Trinajstić information content (AvgIpc) is 3.00. The second kappa shape index (κ2) is 4.03. The lowest BCUT2D eigenvalue weighted by atomic mass is 10.1. The van der Waals surface area contributed by atoms with Crippen molar-refractivity contribution in [3.05, 3.63) is 17.5 Å². The Morgan fingerprint density at radius 1 is 1.73 bits per heavy atom. The van der Waals surface area contributed by atoms with Gasteiger partial charge in [-0.05, 0) is 32.2 Å². The van der Waals surface area contributed by atoms with Crippen molar-refractivity contribution in [1.82, 2.24) is 15.1 Å². The van der Waals surface area contributed by atoms with E-state index in [-0.39, 0.29) is 6.04 Å². The van der Waals surface area contributed by atoms with Crippen LogP contribution in [-0.2, 0) is 7.05 Å². The van der Waals surface area contributed by atoms with Crippen LogP contribution in [0.4, 0.5) is 0 Å². The highest BCUT2D eigenvalue weighted by atomic mass is 15.3. The molecule has 15 heavy (non-hydrogen) atoms. The molecule has 0 bridgehead atoms. The maximum Gasteiger partial charge on any atom is 0.124 e. The Kier molecular flexibility index (Phi) is 2.74. The summed E-state index contributed by atoms with van der Waals surface area (Å²) in [7, 11) is 1.90. The van der Waals surface area contributed by atoms with Crippen molar-refractivity contribution < 1.29 is 0 Å². The van der Waals surface area contributed by atoms with Crippen LogP contribution in [0, 0.1) is 24.2 Å². The molecule has 4 heteroatoms. The first kappa shape index (κ1) is 10.2. The van der Waals surface area contributed by atoms with Gasteiger partial charge in [-0.25, -0.2) is 0 Å². The van der Waals surface area contributed by atoms with Gasteiger partial charge in [-0.15, -0.1) is 0 Å². The van der Waals surface area contributed by atoms with Gasteiger partial charge in [-0.3, -0.25) is 10.00 Å². The highest BCUT2D eigenvalue weighted by molar-refractivity contribution is 5.25. The lowest BCUT2D eigenvalue weighted by Gasteiger charge is -2.10. The van der Waals surface area contributed by atoms with E-state index in [1.54, 1.807) is 10.9 Å². The molecule has 0 radical (unpaired) electrons. The summed E-state index contributed by atoms with van der Waals surface area (Å²) in [5.41, 5.74) is 2.06. The molecule has 1 unspecified atom stereocenters. The largest absolute Gasteiger partial charge is 0.298 e. The van der Waals surface area contributed by atoms with E-state index in [0.717, 1.165) is 23.7 Å². The van der Waals surface area contributed by atoms with E-state index in [9.17, 15) is 0 Å². The SMILES string of the molecule is Cc1c(C(C#N)NCC2CC2)cnn1C. The van der Waals surface area contributed by atoms with Gasteiger partial charge in [0.1, 0.15) is 6.04 Å². The Morgan fingerprint density at radius 3 is 2.93 bits per heavy atom. The van der Waals surface area contributed by atoms with E-state index in [1.165, 1.54) is 12.8 Å². The predicted molar refractivity (Wildman–Crippen MR) is 57.0 cm³/mol. The first-order valence-corrected chi connectivity index (χ1v) is 5.34. The maximum atomic E-state index is 9.10. The molecule has 4 nitrogen and oxygen atoms in total. The Morgan fingerprint density at radius 2 is 2.47 bits per heavy atom. The Balaban J connectivity index is 2.04. The molecule has 0 aromatic carbocycles. The van der Waals surface area contributed by atoms with Gasteiger partial charge in [0.2, 0.25) is 0 Å². The molecule has 1 fully saturated rings. The summed E-state index contributed by atoms with van der Waals surface area (Å²) in [6.45, 7) is 2.94. The molecule has 1 N–H and O–H groups in total. The minimum atomic E-state index is -0.209. The molecule has 1 aromatic rings. The Labute approximate surface area is 89.9 Å². The number of hydrogen-bond acceptors (Lipinski definition) is 3. The smallest absolute Gasteiger partial charge is 0.124 e. The summed E-state index contributed by atoms with van der Waals surface area (Å²) < 4.78 is 1.80. The van der Waals surface area contributed by atoms with Crippen molar-refractivity contribution in [3.63, 3.8) is 0 Å². The molecule has 0 aliphatic heterocycles. The summed E-state index contributed by atoms with van der Waals surface area (Å²) in [6, 6.07) is 2.08. The number of hydrogen-bond donors (Lipinski definition) is 1. The minimum absolute atomic E-state index is 0.209. The summed E-state index contributed by atoms with van der Waals surface area (Å²) in [6.07, 6.45) is 4.39. The molecule has 1 aliphatic carbocycles. The van der Waals surface area contributed by atoms with Gasteiger partial charge in [0.25, 0.3) is 0 Å². The third-order valence-corrected chi connectivity index (χ3v) is 3.02. The monoisotopic (exact) mass is 204 g/mol. The first-order chi connectivity index (χ1) is 7.22. The van der Waals surface area contributed by atoms with Crippen molar-refractivity contribution in [2.24, 2.45) is 13.0 Å². The molecule has 1 aromatic heterocycles. The quantitative estimate of drug-likeness (QED) is 0.804. The third kappa shape index (κ3) is 2.18. The zero-order valence-electron chi connectivity index (χ0n) is 9.20. The van der Waals surface area contributed by atoms with Gasteiger partial charge in [0.15, 0.2) is 0 Å². The number of aromatic nitrogens is 2. The number of aryl methyl sites for hydroxylation is 1. The van der Waals surface area contributed by atoms with Gasteiger partial charge in [-0.2, -0.15) is 10.4 Å². The number of nitrogens with one attached hydrogen (secondary N) is 1. The van der Waals surface area contributed by atoms with E-state index < -0.39 is 0 Å². The van der Waals surface area contributed by atoms with E-state index in [4.69, 9.17) is 5.26 Å². The molecule has 0 saturated heterocycles. The molecule has 0 amide bonds. The van der Waals surface area contributed by atoms with Crippen LogP contribution in [-0.4, -0.2) is 16.3 Å². The van der Waals surface area contributed by atoms with Crippen molar-refractivity contribution in [2.75, 3.05) is 6.54 Å². The van der Waals surface area contributed by atoms with E-state index in [2.05, 4.69) is 16.5 Å². The molecular formula is C11H16N4. The lowest BCUT2D eigenvalue weighted by molar-refractivity contribution is 0.589. The van der Waals surface area contributed by atoms with Crippen LogP contribution in [0.15, 0.2) is 6.20 Å². The Bertz CT molecular complexity index is 384. The van der Waals surface area contributed by atoms with E-state index >= 15 is 0 Å². The molecule has 1 saturated carbocycles. The van der Waals surface area contributed by atoms with Gasteiger partial charge < -0.3 is 0 Å². The van der Waals surface area contributed by atoms with Crippen LogP contribution in [0.2, 0.25) is 0 Å². The third-order valence-electron chi connectivity index (χ3n) is 3.02. The second-order valence-corrected chi connectivity index (χ2v) is 4.22. The van der Waals surface area contributed by atoms with Gasteiger partial charge in [0, 0.05) is 18.3 Å². The van der Waals surface area contributed by atoms with Crippen LogP contribution >= 0.6 is 0 Å². The molecule has 1 aliphatic rings. The summed E-state index contributed by atoms with van der Waals surface area (Å²) in [5.74, 6) is 0.790. The standard InChI is InChI=1S/C11H16N4/c1-8-10(7-14-15(8)2)11(5-12)13-6-9-3-4-9/h7,9,11,13H,3-4,6H2,1-2H3. The second-order valence-electron chi connectivity index (χ2n) is 4.22. The van der Waals surface area contributed by atoms with E-state index in [1.807, 2.05) is 14.0 Å². The van der Waals surface area contributed by atoms with E-state index in [0.29, 0.717) is 0 Å². The summed E-state index contributed by atoms with van der Waals surface area (Å²) in [4.78, 5) is 0. The zero-order valence-corrected chi connectivity index (χ0v) is 9.20. The fourth-order valence-electron chi connectivity index (χ4n) is 1.63. The summed E-state index contributed by atoms with van der Waals surface area (Å²) >= 11 is 0. The van der Waals surface area contributed by atoms with Crippen LogP contribution < -0.4 is 5.32 Å². The molecular weight excluding hydrogens is 188 g/mol. The zero-order chi connectivity index (χ0) is 10.8. The molecule has 2 rings (SSSR count). The van der Waals surface area contributed by atoms with Crippen molar-refractivity contribution in [2.45, 2.75) is 25.8 Å². The summed E-state index contributed by atoms with van der Waals surface area (Å²) in [5, 5.41) is 16.5. The molecule has 1 atom stereocenters. The van der Waals surface area contributed by atoms with Gasteiger partial charge in [-0.1, -0.05) is 0 Å². The molecule has 80 valence electrons. The number of nitriles is 1. The highest BCUT2D eigenvalue weighted by Crippen LogP contribution is 2.28. The van der Waals surface area contributed by atoms with Crippen LogP contribution in [0.3, 0.4) is 0 Å². The Hall–Kier alpha value is -1.34. The van der Waals surface area contributed by atoms with Gasteiger partial charge >= 0.3 is 0 Å². The first-order valence-electron chi connectivity index (χ1n) is 5.34. The molecule has 0 spiro atoms. The van der Waals surface area contributed by atoms with Crippen molar-refractivity contribution in [3.8, 4) is 6.07 Å². The highest BCUT2D eigenvalue weighted by Gasteiger charge is 2.23. The maximum absolute atomic E-state index is 9.10. The number of rotatable bonds is 4.